The summed E-state index contributed by atoms with van der Waals surface area (Å²) in [6.07, 6.45) is 2.64. The molecule has 0 radical (unpaired) electrons. The SMILES string of the molecule is Cc1noc(C)c1CN1CC[C@@H]2[C@@H]1CCN2CC(C)C. The molecule has 2 atom stereocenters. The molecule has 1 aromatic heterocycles. The highest BCUT2D eigenvalue weighted by Crippen LogP contribution is 2.33. The molecule has 0 saturated carbocycles. The molecule has 2 fully saturated rings. The highest BCUT2D eigenvalue weighted by atomic mass is 16.5. The zero-order chi connectivity index (χ0) is 14.3. The highest BCUT2D eigenvalue weighted by molar-refractivity contribution is 5.21. The Hall–Kier alpha value is -0.870. The van der Waals surface area contributed by atoms with Crippen LogP contribution in [0.1, 0.15) is 43.7 Å². The van der Waals surface area contributed by atoms with Gasteiger partial charge in [-0.1, -0.05) is 19.0 Å². The Bertz CT molecular complexity index is 449. The Kier molecular flexibility index (Phi) is 3.87. The van der Waals surface area contributed by atoms with Gasteiger partial charge < -0.3 is 4.52 Å². The van der Waals surface area contributed by atoms with Gasteiger partial charge in [-0.25, -0.2) is 0 Å². The van der Waals surface area contributed by atoms with Gasteiger partial charge in [-0.15, -0.1) is 0 Å². The number of aromatic nitrogens is 1. The van der Waals surface area contributed by atoms with Crippen molar-refractivity contribution in [3.05, 3.63) is 17.0 Å². The smallest absolute Gasteiger partial charge is 0.138 e. The molecular formula is C16H27N3O. The molecule has 2 saturated heterocycles. The Labute approximate surface area is 122 Å². The van der Waals surface area contributed by atoms with Crippen molar-refractivity contribution in [1.82, 2.24) is 15.0 Å². The van der Waals surface area contributed by atoms with Crippen LogP contribution in [0.4, 0.5) is 0 Å². The van der Waals surface area contributed by atoms with Gasteiger partial charge in [-0.2, -0.15) is 0 Å². The van der Waals surface area contributed by atoms with Crippen LogP contribution in [0.2, 0.25) is 0 Å². The summed E-state index contributed by atoms with van der Waals surface area (Å²) in [5, 5.41) is 4.09. The number of hydrogen-bond acceptors (Lipinski definition) is 4. The number of aryl methyl sites for hydroxylation is 2. The van der Waals surface area contributed by atoms with Crippen LogP contribution in [-0.2, 0) is 6.54 Å². The van der Waals surface area contributed by atoms with Gasteiger partial charge in [-0.3, -0.25) is 9.80 Å². The molecule has 0 spiro atoms. The van der Waals surface area contributed by atoms with Crippen LogP contribution in [0.25, 0.3) is 0 Å². The van der Waals surface area contributed by atoms with Crippen LogP contribution < -0.4 is 0 Å². The molecule has 0 bridgehead atoms. The molecule has 2 aliphatic heterocycles. The van der Waals surface area contributed by atoms with Gasteiger partial charge in [0.25, 0.3) is 0 Å². The topological polar surface area (TPSA) is 32.5 Å². The molecule has 4 nitrogen and oxygen atoms in total. The third-order valence-electron chi connectivity index (χ3n) is 4.95. The average molecular weight is 277 g/mol. The second kappa shape index (κ2) is 5.49. The lowest BCUT2D eigenvalue weighted by molar-refractivity contribution is 0.203. The number of fused-ring (bicyclic) bond motifs is 1. The minimum Gasteiger partial charge on any atom is -0.361 e. The Morgan fingerprint density at radius 1 is 1.15 bits per heavy atom. The maximum Gasteiger partial charge on any atom is 0.138 e. The van der Waals surface area contributed by atoms with Gasteiger partial charge in [0.15, 0.2) is 0 Å². The lowest BCUT2D eigenvalue weighted by Gasteiger charge is -2.26. The molecule has 3 heterocycles. The van der Waals surface area contributed by atoms with Crippen LogP contribution in [0, 0.1) is 19.8 Å². The molecular weight excluding hydrogens is 250 g/mol. The van der Waals surface area contributed by atoms with Crippen LogP contribution in [-0.4, -0.2) is 46.7 Å². The minimum absolute atomic E-state index is 0.738. The Morgan fingerprint density at radius 3 is 2.40 bits per heavy atom. The fourth-order valence-electron chi connectivity index (χ4n) is 3.99. The van der Waals surface area contributed by atoms with Gasteiger partial charge >= 0.3 is 0 Å². The van der Waals surface area contributed by atoms with Crippen molar-refractivity contribution in [1.29, 1.82) is 0 Å². The quantitative estimate of drug-likeness (QED) is 0.847. The number of likely N-dealkylation sites (tertiary alicyclic amines) is 2. The minimum atomic E-state index is 0.738. The molecule has 2 aliphatic rings. The highest BCUT2D eigenvalue weighted by Gasteiger charge is 2.42. The largest absolute Gasteiger partial charge is 0.361 e. The predicted octanol–water partition coefficient (Wildman–Crippen LogP) is 2.60. The van der Waals surface area contributed by atoms with Gasteiger partial charge in [0, 0.05) is 43.8 Å². The van der Waals surface area contributed by atoms with E-state index in [0.717, 1.165) is 36.0 Å². The first kappa shape index (κ1) is 14.1. The monoisotopic (exact) mass is 277 g/mol. The molecule has 20 heavy (non-hydrogen) atoms. The molecule has 112 valence electrons. The van der Waals surface area contributed by atoms with Crippen LogP contribution in [0.3, 0.4) is 0 Å². The number of nitrogens with zero attached hydrogens (tertiary/aromatic N) is 3. The third kappa shape index (κ3) is 2.51. The molecule has 0 aromatic carbocycles. The first-order valence-electron chi connectivity index (χ1n) is 7.96. The zero-order valence-electron chi connectivity index (χ0n) is 13.2. The molecule has 0 aliphatic carbocycles. The van der Waals surface area contributed by atoms with E-state index in [-0.39, 0.29) is 0 Å². The maximum atomic E-state index is 5.30. The van der Waals surface area contributed by atoms with E-state index < -0.39 is 0 Å². The van der Waals surface area contributed by atoms with Crippen molar-refractivity contribution >= 4 is 0 Å². The van der Waals surface area contributed by atoms with Crippen molar-refractivity contribution in [3.63, 3.8) is 0 Å². The molecule has 0 unspecified atom stereocenters. The molecule has 0 amide bonds. The molecule has 1 aromatic rings. The summed E-state index contributed by atoms with van der Waals surface area (Å²) in [6, 6.07) is 1.51. The predicted molar refractivity (Wildman–Crippen MR) is 79.6 cm³/mol. The van der Waals surface area contributed by atoms with Crippen molar-refractivity contribution in [2.75, 3.05) is 19.6 Å². The van der Waals surface area contributed by atoms with Crippen molar-refractivity contribution in [3.8, 4) is 0 Å². The first-order valence-corrected chi connectivity index (χ1v) is 7.96. The van der Waals surface area contributed by atoms with E-state index in [4.69, 9.17) is 4.52 Å². The fraction of sp³-hybridized carbons (Fsp3) is 0.812. The standard InChI is InChI=1S/C16H27N3O/c1-11(2)9-18-7-5-16-15(18)6-8-19(16)10-14-12(3)17-20-13(14)4/h11,15-16H,5-10H2,1-4H3/t15-,16+/m1/s1. The third-order valence-corrected chi connectivity index (χ3v) is 4.95. The first-order chi connectivity index (χ1) is 9.56. The van der Waals surface area contributed by atoms with Gasteiger partial charge in [-0.05, 0) is 32.6 Å². The Morgan fingerprint density at radius 2 is 1.80 bits per heavy atom. The summed E-state index contributed by atoms with van der Waals surface area (Å²) in [7, 11) is 0. The van der Waals surface area contributed by atoms with Crippen LogP contribution in [0.5, 0.6) is 0 Å². The molecule has 0 N–H and O–H groups in total. The summed E-state index contributed by atoms with van der Waals surface area (Å²) in [4.78, 5) is 5.36. The molecule has 4 heteroatoms. The fourth-order valence-corrected chi connectivity index (χ4v) is 3.99. The lowest BCUT2D eigenvalue weighted by atomic mass is 10.1. The van der Waals surface area contributed by atoms with Crippen molar-refractivity contribution in [2.24, 2.45) is 5.92 Å². The van der Waals surface area contributed by atoms with E-state index >= 15 is 0 Å². The van der Waals surface area contributed by atoms with E-state index in [9.17, 15) is 0 Å². The van der Waals surface area contributed by atoms with Crippen molar-refractivity contribution in [2.45, 2.75) is 59.2 Å². The Balaban J connectivity index is 1.67. The van der Waals surface area contributed by atoms with E-state index in [1.54, 1.807) is 0 Å². The lowest BCUT2D eigenvalue weighted by Crippen LogP contribution is -2.37. The van der Waals surface area contributed by atoms with Gasteiger partial charge in [0.05, 0.1) is 5.69 Å². The summed E-state index contributed by atoms with van der Waals surface area (Å²) < 4.78 is 5.30. The van der Waals surface area contributed by atoms with Crippen molar-refractivity contribution < 1.29 is 4.52 Å². The van der Waals surface area contributed by atoms with E-state index in [1.807, 2.05) is 6.92 Å². The van der Waals surface area contributed by atoms with Crippen LogP contribution >= 0.6 is 0 Å². The summed E-state index contributed by atoms with van der Waals surface area (Å²) in [5.74, 6) is 1.76. The normalized spacial score (nSPS) is 27.6. The second-order valence-electron chi connectivity index (χ2n) is 6.87. The summed E-state index contributed by atoms with van der Waals surface area (Å²) >= 11 is 0. The average Bonchev–Trinajstić information content (AvgIpc) is 3.03. The van der Waals surface area contributed by atoms with Gasteiger partial charge in [0.1, 0.15) is 5.76 Å². The van der Waals surface area contributed by atoms with E-state index in [0.29, 0.717) is 0 Å². The molecule has 3 rings (SSSR count). The zero-order valence-corrected chi connectivity index (χ0v) is 13.2. The summed E-state index contributed by atoms with van der Waals surface area (Å²) in [5.41, 5.74) is 2.36. The van der Waals surface area contributed by atoms with Gasteiger partial charge in [0.2, 0.25) is 0 Å². The van der Waals surface area contributed by atoms with E-state index in [1.165, 1.54) is 38.0 Å². The maximum absolute atomic E-state index is 5.30. The summed E-state index contributed by atoms with van der Waals surface area (Å²) in [6.45, 7) is 13.5. The van der Waals surface area contributed by atoms with E-state index in [2.05, 4.69) is 35.7 Å². The number of hydrogen-bond donors (Lipinski definition) is 0. The second-order valence-corrected chi connectivity index (χ2v) is 6.87. The number of rotatable bonds is 4. The van der Waals surface area contributed by atoms with Crippen LogP contribution in [0.15, 0.2) is 4.52 Å².